The maximum absolute atomic E-state index is 13.3. The fraction of sp³-hybridized carbons (Fsp3) is 0.467. The average Bonchev–Trinajstić information content (AvgIpc) is 2.78. The van der Waals surface area contributed by atoms with Crippen LogP contribution in [0.1, 0.15) is 36.9 Å². The lowest BCUT2D eigenvalue weighted by molar-refractivity contribution is 0.172. The number of aliphatic hydroxyl groups is 1. The number of benzene rings is 1. The number of halogens is 1. The Hall–Kier alpha value is -1.75. The highest BCUT2D eigenvalue weighted by molar-refractivity contribution is 5.29. The molecule has 0 aliphatic carbocycles. The minimum absolute atomic E-state index is 0.330. The summed E-state index contributed by atoms with van der Waals surface area (Å²) in [6, 6.07) is 4.45. The van der Waals surface area contributed by atoms with Crippen LogP contribution in [0.2, 0.25) is 0 Å². The van der Waals surface area contributed by atoms with Crippen molar-refractivity contribution in [1.29, 1.82) is 0 Å². The molecule has 1 aromatic heterocycles. The van der Waals surface area contributed by atoms with Crippen LogP contribution in [0.5, 0.6) is 0 Å². The van der Waals surface area contributed by atoms with Gasteiger partial charge in [-0.25, -0.2) is 14.1 Å². The molecule has 0 amide bonds. The SMILES string of the molecule is Cc1ccc(F)cc1C(O)Cc1ncnn1CC(C)C. The van der Waals surface area contributed by atoms with E-state index in [0.717, 1.165) is 17.9 Å². The molecule has 1 N–H and O–H groups in total. The molecule has 1 atom stereocenters. The van der Waals surface area contributed by atoms with Crippen molar-refractivity contribution in [2.45, 2.75) is 39.8 Å². The molecule has 0 bridgehead atoms. The first-order valence-corrected chi connectivity index (χ1v) is 6.78. The molecule has 2 rings (SSSR count). The summed E-state index contributed by atoms with van der Waals surface area (Å²) in [6.07, 6.45) is 1.04. The Bertz CT molecular complexity index is 580. The summed E-state index contributed by atoms with van der Waals surface area (Å²) in [5.41, 5.74) is 1.47. The summed E-state index contributed by atoms with van der Waals surface area (Å²) in [4.78, 5) is 4.18. The maximum Gasteiger partial charge on any atom is 0.138 e. The molecule has 20 heavy (non-hydrogen) atoms. The first-order valence-electron chi connectivity index (χ1n) is 6.78. The van der Waals surface area contributed by atoms with Gasteiger partial charge in [0.05, 0.1) is 6.10 Å². The molecule has 0 spiro atoms. The maximum atomic E-state index is 13.3. The third-order valence-corrected chi connectivity index (χ3v) is 3.21. The van der Waals surface area contributed by atoms with E-state index in [1.807, 2.05) is 6.92 Å². The van der Waals surface area contributed by atoms with Gasteiger partial charge in [-0.3, -0.25) is 0 Å². The Kier molecular flexibility index (Phi) is 4.49. The fourth-order valence-electron chi connectivity index (χ4n) is 2.20. The third-order valence-electron chi connectivity index (χ3n) is 3.21. The van der Waals surface area contributed by atoms with Gasteiger partial charge in [-0.05, 0) is 36.1 Å². The zero-order chi connectivity index (χ0) is 14.7. The van der Waals surface area contributed by atoms with Crippen LogP contribution in [0, 0.1) is 18.7 Å². The second-order valence-electron chi connectivity index (χ2n) is 5.47. The van der Waals surface area contributed by atoms with Crippen LogP contribution >= 0.6 is 0 Å². The van der Waals surface area contributed by atoms with Crippen molar-refractivity contribution in [3.8, 4) is 0 Å². The number of aryl methyl sites for hydroxylation is 1. The van der Waals surface area contributed by atoms with Crippen molar-refractivity contribution in [1.82, 2.24) is 14.8 Å². The van der Waals surface area contributed by atoms with Crippen molar-refractivity contribution < 1.29 is 9.50 Å². The van der Waals surface area contributed by atoms with Crippen LogP contribution in [0.4, 0.5) is 4.39 Å². The van der Waals surface area contributed by atoms with E-state index < -0.39 is 6.10 Å². The van der Waals surface area contributed by atoms with Gasteiger partial charge in [0.15, 0.2) is 0 Å². The summed E-state index contributed by atoms with van der Waals surface area (Å²) in [5.74, 6) is 0.826. The summed E-state index contributed by atoms with van der Waals surface area (Å²) in [7, 11) is 0. The van der Waals surface area contributed by atoms with Gasteiger partial charge in [-0.2, -0.15) is 5.10 Å². The predicted octanol–water partition coefficient (Wildman–Crippen LogP) is 2.66. The van der Waals surface area contributed by atoms with Crippen molar-refractivity contribution in [3.05, 3.63) is 47.3 Å². The highest BCUT2D eigenvalue weighted by atomic mass is 19.1. The first kappa shape index (κ1) is 14.7. The van der Waals surface area contributed by atoms with E-state index in [0.29, 0.717) is 17.9 Å². The minimum Gasteiger partial charge on any atom is -0.388 e. The van der Waals surface area contributed by atoms with Crippen molar-refractivity contribution in [2.24, 2.45) is 5.92 Å². The van der Waals surface area contributed by atoms with Crippen LogP contribution < -0.4 is 0 Å². The third kappa shape index (κ3) is 3.42. The summed E-state index contributed by atoms with van der Waals surface area (Å²) >= 11 is 0. The molecular weight excluding hydrogens is 257 g/mol. The first-order chi connectivity index (χ1) is 9.47. The lowest BCUT2D eigenvalue weighted by Gasteiger charge is -2.15. The number of hydrogen-bond acceptors (Lipinski definition) is 3. The molecule has 0 radical (unpaired) electrons. The van der Waals surface area contributed by atoms with Gasteiger partial charge in [0.25, 0.3) is 0 Å². The molecule has 108 valence electrons. The molecular formula is C15H20FN3O. The van der Waals surface area contributed by atoms with E-state index in [1.54, 1.807) is 10.7 Å². The van der Waals surface area contributed by atoms with E-state index >= 15 is 0 Å². The minimum atomic E-state index is -0.777. The standard InChI is InChI=1S/C15H20FN3O/c1-10(2)8-19-15(17-9-18-19)7-14(20)13-6-12(16)5-4-11(13)3/h4-6,9-10,14,20H,7-8H2,1-3H3. The zero-order valence-corrected chi connectivity index (χ0v) is 12.0. The highest BCUT2D eigenvalue weighted by Crippen LogP contribution is 2.22. The number of rotatable bonds is 5. The van der Waals surface area contributed by atoms with Crippen LogP contribution in [0.15, 0.2) is 24.5 Å². The second-order valence-corrected chi connectivity index (χ2v) is 5.47. The van der Waals surface area contributed by atoms with Gasteiger partial charge < -0.3 is 5.11 Å². The Balaban J connectivity index is 2.17. The van der Waals surface area contributed by atoms with Gasteiger partial charge in [0.2, 0.25) is 0 Å². The lowest BCUT2D eigenvalue weighted by Crippen LogP contribution is -2.14. The van der Waals surface area contributed by atoms with Gasteiger partial charge in [-0.15, -0.1) is 0 Å². The summed E-state index contributed by atoms with van der Waals surface area (Å²) in [5, 5.41) is 14.5. The van der Waals surface area contributed by atoms with E-state index in [9.17, 15) is 9.50 Å². The van der Waals surface area contributed by atoms with Crippen molar-refractivity contribution in [2.75, 3.05) is 0 Å². The molecule has 5 heteroatoms. The smallest absolute Gasteiger partial charge is 0.138 e. The molecule has 1 unspecified atom stereocenters. The van der Waals surface area contributed by atoms with Crippen LogP contribution in [0.3, 0.4) is 0 Å². The predicted molar refractivity (Wildman–Crippen MR) is 74.7 cm³/mol. The van der Waals surface area contributed by atoms with E-state index in [-0.39, 0.29) is 5.82 Å². The Labute approximate surface area is 118 Å². The fourth-order valence-corrected chi connectivity index (χ4v) is 2.20. The monoisotopic (exact) mass is 277 g/mol. The Morgan fingerprint density at radius 3 is 2.80 bits per heavy atom. The van der Waals surface area contributed by atoms with E-state index in [4.69, 9.17) is 0 Å². The van der Waals surface area contributed by atoms with Crippen molar-refractivity contribution in [3.63, 3.8) is 0 Å². The molecule has 0 saturated carbocycles. The quantitative estimate of drug-likeness (QED) is 0.914. The topological polar surface area (TPSA) is 50.9 Å². The Morgan fingerprint density at radius 2 is 2.10 bits per heavy atom. The zero-order valence-electron chi connectivity index (χ0n) is 12.0. The Morgan fingerprint density at radius 1 is 1.35 bits per heavy atom. The number of aliphatic hydroxyl groups excluding tert-OH is 1. The van der Waals surface area contributed by atoms with E-state index in [2.05, 4.69) is 23.9 Å². The molecule has 0 fully saturated rings. The van der Waals surface area contributed by atoms with Crippen LogP contribution in [-0.2, 0) is 13.0 Å². The molecule has 0 aliphatic heterocycles. The number of hydrogen-bond donors (Lipinski definition) is 1. The molecule has 1 aromatic carbocycles. The average molecular weight is 277 g/mol. The molecule has 1 heterocycles. The van der Waals surface area contributed by atoms with Gasteiger partial charge >= 0.3 is 0 Å². The lowest BCUT2D eigenvalue weighted by atomic mass is 10.0. The summed E-state index contributed by atoms with van der Waals surface area (Å²) in [6.45, 7) is 6.80. The normalized spacial score (nSPS) is 12.9. The number of aromatic nitrogens is 3. The second kappa shape index (κ2) is 6.13. The van der Waals surface area contributed by atoms with Crippen molar-refractivity contribution >= 4 is 0 Å². The molecule has 4 nitrogen and oxygen atoms in total. The van der Waals surface area contributed by atoms with E-state index in [1.165, 1.54) is 18.5 Å². The molecule has 0 aliphatic rings. The number of nitrogens with zero attached hydrogens (tertiary/aromatic N) is 3. The molecule has 2 aromatic rings. The van der Waals surface area contributed by atoms with Gasteiger partial charge in [0, 0.05) is 13.0 Å². The largest absolute Gasteiger partial charge is 0.388 e. The van der Waals surface area contributed by atoms with Crippen LogP contribution in [0.25, 0.3) is 0 Å². The highest BCUT2D eigenvalue weighted by Gasteiger charge is 2.16. The summed E-state index contributed by atoms with van der Waals surface area (Å²) < 4.78 is 15.1. The van der Waals surface area contributed by atoms with Crippen LogP contribution in [-0.4, -0.2) is 19.9 Å². The van der Waals surface area contributed by atoms with Gasteiger partial charge in [0.1, 0.15) is 18.0 Å². The van der Waals surface area contributed by atoms with Gasteiger partial charge in [-0.1, -0.05) is 19.9 Å². The molecule has 0 saturated heterocycles.